The highest BCUT2D eigenvalue weighted by molar-refractivity contribution is 5.86. The van der Waals surface area contributed by atoms with E-state index in [1.807, 2.05) is 0 Å². The fourth-order valence-electron chi connectivity index (χ4n) is 7.83. The van der Waals surface area contributed by atoms with Crippen LogP contribution in [-0.2, 0) is 4.79 Å². The zero-order valence-corrected chi connectivity index (χ0v) is 15.6. The molecule has 4 aliphatic rings. The molecule has 0 heterocycles. The summed E-state index contributed by atoms with van der Waals surface area (Å²) >= 11 is 0. The smallest absolute Gasteiger partial charge is 0.161 e. The van der Waals surface area contributed by atoms with Gasteiger partial charge >= 0.3 is 0 Å². The van der Waals surface area contributed by atoms with Gasteiger partial charge in [0.1, 0.15) is 5.60 Å². The van der Waals surface area contributed by atoms with Gasteiger partial charge < -0.3 is 10.2 Å². The van der Waals surface area contributed by atoms with E-state index in [2.05, 4.69) is 13.8 Å². The van der Waals surface area contributed by atoms with Crippen molar-refractivity contribution in [2.24, 2.45) is 34.5 Å². The summed E-state index contributed by atoms with van der Waals surface area (Å²) in [5.41, 5.74) is -0.957. The van der Waals surface area contributed by atoms with Crippen molar-refractivity contribution in [2.75, 3.05) is 0 Å². The van der Waals surface area contributed by atoms with E-state index in [1.165, 1.54) is 12.8 Å². The van der Waals surface area contributed by atoms with Crippen molar-refractivity contribution in [1.82, 2.24) is 0 Å². The van der Waals surface area contributed by atoms with Gasteiger partial charge in [0.25, 0.3) is 0 Å². The lowest BCUT2D eigenvalue weighted by Crippen LogP contribution is -2.58. The summed E-state index contributed by atoms with van der Waals surface area (Å²) in [5, 5.41) is 21.3. The van der Waals surface area contributed by atoms with Crippen LogP contribution in [0.3, 0.4) is 0 Å². The maximum Gasteiger partial charge on any atom is 0.161 e. The van der Waals surface area contributed by atoms with Crippen LogP contribution in [0.1, 0.15) is 78.6 Å². The van der Waals surface area contributed by atoms with Gasteiger partial charge in [-0.1, -0.05) is 13.8 Å². The molecule has 3 nitrogen and oxygen atoms in total. The number of aliphatic hydroxyl groups excluding tert-OH is 1. The summed E-state index contributed by atoms with van der Waals surface area (Å²) < 4.78 is 0. The topological polar surface area (TPSA) is 57.5 Å². The minimum absolute atomic E-state index is 0.0216. The minimum atomic E-state index is -1.09. The molecular weight excluding hydrogens is 300 g/mol. The van der Waals surface area contributed by atoms with E-state index in [0.717, 1.165) is 44.4 Å². The lowest BCUT2D eigenvalue weighted by molar-refractivity contribution is -0.170. The van der Waals surface area contributed by atoms with Gasteiger partial charge in [0.05, 0.1) is 6.10 Å². The number of fused-ring (bicyclic) bond motifs is 5. The molecule has 4 fully saturated rings. The van der Waals surface area contributed by atoms with Crippen molar-refractivity contribution < 1.29 is 15.0 Å². The highest BCUT2D eigenvalue weighted by atomic mass is 16.3. The van der Waals surface area contributed by atoms with Gasteiger partial charge in [-0.05, 0) is 93.8 Å². The van der Waals surface area contributed by atoms with Gasteiger partial charge in [0.2, 0.25) is 0 Å². The Morgan fingerprint density at radius 3 is 2.38 bits per heavy atom. The van der Waals surface area contributed by atoms with Gasteiger partial charge in [0, 0.05) is 5.41 Å². The zero-order chi connectivity index (χ0) is 17.3. The first-order valence-electron chi connectivity index (χ1n) is 10.1. The minimum Gasteiger partial charge on any atom is -0.393 e. The summed E-state index contributed by atoms with van der Waals surface area (Å²) in [6, 6.07) is 0. The molecule has 0 radical (unpaired) electrons. The number of aliphatic hydroxyl groups is 2. The highest BCUT2D eigenvalue weighted by Gasteiger charge is 2.65. The Kier molecular flexibility index (Phi) is 3.76. The molecule has 4 saturated carbocycles. The molecule has 3 heteroatoms. The molecule has 0 aromatic rings. The molecule has 0 aromatic heterocycles. The van der Waals surface area contributed by atoms with Crippen molar-refractivity contribution in [2.45, 2.75) is 90.3 Å². The highest BCUT2D eigenvalue weighted by Crippen LogP contribution is 2.68. The largest absolute Gasteiger partial charge is 0.393 e. The predicted molar refractivity (Wildman–Crippen MR) is 93.4 cm³/mol. The lowest BCUT2D eigenvalue weighted by atomic mass is 9.44. The molecule has 8 atom stereocenters. The molecule has 4 rings (SSSR count). The molecule has 0 saturated heterocycles. The monoisotopic (exact) mass is 334 g/mol. The van der Waals surface area contributed by atoms with E-state index in [4.69, 9.17) is 0 Å². The van der Waals surface area contributed by atoms with Gasteiger partial charge in [0.15, 0.2) is 5.78 Å². The first-order valence-corrected chi connectivity index (χ1v) is 10.1. The Bertz CT molecular complexity index is 545. The van der Waals surface area contributed by atoms with Crippen LogP contribution in [0.2, 0.25) is 0 Å². The van der Waals surface area contributed by atoms with Crippen molar-refractivity contribution in [3.63, 3.8) is 0 Å². The quantitative estimate of drug-likeness (QED) is 0.768. The van der Waals surface area contributed by atoms with Crippen molar-refractivity contribution in [3.8, 4) is 0 Å². The number of hydrogen-bond donors (Lipinski definition) is 2. The van der Waals surface area contributed by atoms with Crippen LogP contribution in [0, 0.1) is 34.5 Å². The molecule has 136 valence electrons. The van der Waals surface area contributed by atoms with Crippen molar-refractivity contribution in [1.29, 1.82) is 0 Å². The molecule has 0 bridgehead atoms. The van der Waals surface area contributed by atoms with Crippen LogP contribution < -0.4 is 0 Å². The van der Waals surface area contributed by atoms with Crippen molar-refractivity contribution >= 4 is 5.78 Å². The molecule has 2 N–H and O–H groups in total. The molecule has 24 heavy (non-hydrogen) atoms. The predicted octanol–water partition coefficient (Wildman–Crippen LogP) is 3.71. The van der Waals surface area contributed by atoms with Gasteiger partial charge in [-0.2, -0.15) is 0 Å². The molecule has 0 unspecified atom stereocenters. The third-order valence-electron chi connectivity index (χ3n) is 9.37. The van der Waals surface area contributed by atoms with Crippen molar-refractivity contribution in [3.05, 3.63) is 0 Å². The number of hydrogen-bond acceptors (Lipinski definition) is 3. The lowest BCUT2D eigenvalue weighted by Gasteiger charge is -2.61. The Labute approximate surface area is 146 Å². The first kappa shape index (κ1) is 17.0. The summed E-state index contributed by atoms with van der Waals surface area (Å²) in [5.74, 6) is 2.52. The second-order valence-electron chi connectivity index (χ2n) is 10.00. The summed E-state index contributed by atoms with van der Waals surface area (Å²) in [7, 11) is 0. The van der Waals surface area contributed by atoms with E-state index in [1.54, 1.807) is 6.92 Å². The second-order valence-corrected chi connectivity index (χ2v) is 10.00. The fraction of sp³-hybridized carbons (Fsp3) is 0.952. The van der Waals surface area contributed by atoms with Gasteiger partial charge in [-0.25, -0.2) is 0 Å². The van der Waals surface area contributed by atoms with Crippen LogP contribution in [0.5, 0.6) is 0 Å². The van der Waals surface area contributed by atoms with E-state index < -0.39 is 5.60 Å². The third kappa shape index (κ3) is 2.00. The number of carbonyl (C=O) groups excluding carboxylic acids is 1. The van der Waals surface area contributed by atoms with Gasteiger partial charge in [-0.3, -0.25) is 4.79 Å². The number of rotatable bonds is 1. The van der Waals surface area contributed by atoms with E-state index in [-0.39, 0.29) is 17.3 Å². The average molecular weight is 335 g/mol. The first-order chi connectivity index (χ1) is 11.2. The molecular formula is C21H34O3. The Balaban J connectivity index is 1.65. The molecule has 0 aliphatic heterocycles. The number of ketones is 1. The van der Waals surface area contributed by atoms with E-state index >= 15 is 0 Å². The summed E-state index contributed by atoms with van der Waals surface area (Å²) in [6.07, 6.45) is 9.25. The Morgan fingerprint density at radius 2 is 1.67 bits per heavy atom. The maximum absolute atomic E-state index is 12.2. The van der Waals surface area contributed by atoms with Gasteiger partial charge in [-0.15, -0.1) is 0 Å². The standard InChI is InChI=1S/C21H34O3/c1-13(22)21(24)11-8-18-16-5-4-14-12-15(23)6-9-19(14,2)17(16)7-10-20(18,21)3/h14-18,23-24H,4-12H2,1-3H3/t14-,15+,16+,17-,18-,19-,20-,21+/m0/s1. The SMILES string of the molecule is CC(=O)[C@]1(O)CC[C@H]2[C@@H]3CC[C@H]4C[C@H](O)CC[C@]4(C)[C@H]3CC[C@@]21C. The maximum atomic E-state index is 12.2. The Morgan fingerprint density at radius 1 is 0.958 bits per heavy atom. The summed E-state index contributed by atoms with van der Waals surface area (Å²) in [4.78, 5) is 12.2. The van der Waals surface area contributed by atoms with Crippen LogP contribution >= 0.6 is 0 Å². The van der Waals surface area contributed by atoms with Crippen LogP contribution in [0.25, 0.3) is 0 Å². The van der Waals surface area contributed by atoms with Crippen LogP contribution in [-0.4, -0.2) is 27.7 Å². The third-order valence-corrected chi connectivity index (χ3v) is 9.37. The number of Topliss-reactive ketones (excluding diaryl/α,β-unsaturated/α-hetero) is 1. The average Bonchev–Trinajstić information content (AvgIpc) is 2.81. The van der Waals surface area contributed by atoms with E-state index in [9.17, 15) is 15.0 Å². The van der Waals surface area contributed by atoms with Crippen LogP contribution in [0.4, 0.5) is 0 Å². The molecule has 0 aromatic carbocycles. The Hall–Kier alpha value is -0.410. The summed E-state index contributed by atoms with van der Waals surface area (Å²) in [6.45, 7) is 6.26. The molecule has 0 amide bonds. The number of carbonyl (C=O) groups is 1. The zero-order valence-electron chi connectivity index (χ0n) is 15.6. The fourth-order valence-corrected chi connectivity index (χ4v) is 7.83. The second kappa shape index (κ2) is 5.30. The normalized spacial score (nSPS) is 57.0. The molecule has 4 aliphatic carbocycles. The van der Waals surface area contributed by atoms with E-state index in [0.29, 0.717) is 29.6 Å². The van der Waals surface area contributed by atoms with Crippen LogP contribution in [0.15, 0.2) is 0 Å². The molecule has 0 spiro atoms.